The summed E-state index contributed by atoms with van der Waals surface area (Å²) in [6, 6.07) is 0. The van der Waals surface area contributed by atoms with Gasteiger partial charge in [0.25, 0.3) is 0 Å². The summed E-state index contributed by atoms with van der Waals surface area (Å²) in [5, 5.41) is 35.4. The van der Waals surface area contributed by atoms with Crippen LogP contribution in [0.4, 0.5) is 5.82 Å². The van der Waals surface area contributed by atoms with Gasteiger partial charge in [-0.15, -0.1) is 0 Å². The van der Waals surface area contributed by atoms with Gasteiger partial charge in [-0.2, -0.15) is 0 Å². The standard InChI is InChI=1S/C19H27IN4O11P2S/c20-16-15(34-36(28)38)12(26)10(32-16)6-31-37(29,30)35-14-9(5-25)33-19(13(14)27)24-4-8-2-1-3-21-17-11(8)18(24)23-7-22-17/h4,7,9-10,12-16,19,25-27,36H,1-3,5-6H2,(H,28,38)(H,29,30)(H,21,22,23)/t9-,10-,12-,13-,14-,15-,16-,19-/m1/s1. The first-order valence-electron chi connectivity index (χ1n) is 11.6. The Balaban J connectivity index is 1.29. The van der Waals surface area contributed by atoms with Crippen molar-refractivity contribution in [3.63, 3.8) is 0 Å². The van der Waals surface area contributed by atoms with Crippen molar-refractivity contribution < 1.29 is 52.4 Å². The van der Waals surface area contributed by atoms with Crippen LogP contribution in [-0.2, 0) is 38.6 Å². The molecule has 2 aromatic rings. The summed E-state index contributed by atoms with van der Waals surface area (Å²) < 4.78 is 51.6. The minimum absolute atomic E-state index is 0.491. The average Bonchev–Trinajstić information content (AvgIpc) is 3.40. The Bertz CT molecular complexity index is 1240. The van der Waals surface area contributed by atoms with Crippen molar-refractivity contribution in [2.45, 2.75) is 59.8 Å². The molecule has 0 amide bonds. The van der Waals surface area contributed by atoms with Gasteiger partial charge in [0.1, 0.15) is 58.5 Å². The number of anilines is 1. The number of nitrogens with one attached hydrogen (secondary N) is 1. The molecule has 0 spiro atoms. The Labute approximate surface area is 235 Å². The third-order valence-electron chi connectivity index (χ3n) is 6.54. The fourth-order valence-electron chi connectivity index (χ4n) is 4.81. The highest BCUT2D eigenvalue weighted by Crippen LogP contribution is 2.50. The predicted octanol–water partition coefficient (Wildman–Crippen LogP) is 0.768. The van der Waals surface area contributed by atoms with E-state index in [-0.39, 0.29) is 0 Å². The normalized spacial score (nSPS) is 35.6. The Morgan fingerprint density at radius 3 is 2.79 bits per heavy atom. The molecule has 3 aliphatic heterocycles. The van der Waals surface area contributed by atoms with E-state index in [1.54, 1.807) is 10.8 Å². The second-order valence-electron chi connectivity index (χ2n) is 8.95. The van der Waals surface area contributed by atoms with Crippen molar-refractivity contribution >= 4 is 66.7 Å². The summed E-state index contributed by atoms with van der Waals surface area (Å²) in [6.07, 6.45) is -3.76. The van der Waals surface area contributed by atoms with Crippen LogP contribution in [0.2, 0.25) is 0 Å². The molecule has 38 heavy (non-hydrogen) atoms. The lowest BCUT2D eigenvalue weighted by Crippen LogP contribution is -2.36. The number of ether oxygens (including phenoxy) is 2. The summed E-state index contributed by atoms with van der Waals surface area (Å²) in [4.78, 5) is 19.0. The molecule has 19 heteroatoms. The molecule has 0 saturated carbocycles. The van der Waals surface area contributed by atoms with E-state index in [0.717, 1.165) is 30.3 Å². The smallest absolute Gasteiger partial charge is 0.394 e. The third-order valence-corrected chi connectivity index (χ3v) is 9.32. The van der Waals surface area contributed by atoms with Gasteiger partial charge in [-0.05, 0) is 41.0 Å². The molecule has 15 nitrogen and oxygen atoms in total. The van der Waals surface area contributed by atoms with Crippen molar-refractivity contribution in [1.29, 1.82) is 0 Å². The zero-order chi connectivity index (χ0) is 27.2. The van der Waals surface area contributed by atoms with Crippen LogP contribution >= 0.6 is 49.9 Å². The van der Waals surface area contributed by atoms with Crippen LogP contribution in [0, 0.1) is 0 Å². The summed E-state index contributed by atoms with van der Waals surface area (Å²) in [6.45, 7) is -0.436. The van der Waals surface area contributed by atoms with Crippen LogP contribution in [0.15, 0.2) is 12.5 Å². The van der Waals surface area contributed by atoms with E-state index in [2.05, 4.69) is 27.5 Å². The number of aliphatic hydroxyl groups excluding tert-OH is 3. The van der Waals surface area contributed by atoms with E-state index < -0.39 is 75.2 Å². The number of aliphatic hydroxyl groups is 3. The molecule has 2 unspecified atom stereocenters. The first-order valence-corrected chi connectivity index (χ1v) is 17.0. The highest BCUT2D eigenvalue weighted by atomic mass is 127. The minimum Gasteiger partial charge on any atom is -0.394 e. The van der Waals surface area contributed by atoms with Gasteiger partial charge in [-0.1, -0.05) is 12.2 Å². The molecule has 5 rings (SSSR count). The molecule has 2 fully saturated rings. The van der Waals surface area contributed by atoms with Gasteiger partial charge in [0, 0.05) is 12.7 Å². The Morgan fingerprint density at radius 2 is 2.05 bits per heavy atom. The van der Waals surface area contributed by atoms with Gasteiger partial charge >= 0.3 is 7.82 Å². The van der Waals surface area contributed by atoms with Gasteiger partial charge in [0.05, 0.1) is 18.6 Å². The lowest BCUT2D eigenvalue weighted by atomic mass is 10.1. The fourth-order valence-corrected chi connectivity index (χ4v) is 7.86. The van der Waals surface area contributed by atoms with Crippen LogP contribution < -0.4 is 5.32 Å². The number of aryl methyl sites for hydroxylation is 1. The number of aromatic nitrogens is 3. The quantitative estimate of drug-likeness (QED) is 0.0923. The number of phosphoric ester groups is 1. The highest BCUT2D eigenvalue weighted by Gasteiger charge is 2.50. The maximum atomic E-state index is 12.8. The largest absolute Gasteiger partial charge is 0.472 e. The molecule has 2 saturated heterocycles. The number of halogens is 1. The molecule has 10 atom stereocenters. The van der Waals surface area contributed by atoms with Gasteiger partial charge in [-0.3, -0.25) is 13.6 Å². The van der Waals surface area contributed by atoms with Crippen molar-refractivity contribution in [2.75, 3.05) is 25.1 Å². The predicted molar refractivity (Wildman–Crippen MR) is 144 cm³/mol. The summed E-state index contributed by atoms with van der Waals surface area (Å²) in [5.74, 6) is 0.660. The van der Waals surface area contributed by atoms with E-state index in [1.165, 1.54) is 6.33 Å². The SMILES string of the molecule is O=[PH](S)O[C@@H]1[C@H](O)[C@@H](COP(=O)(O)O[C@H]2[C@@H](O)[C@H](n3cc4c5c(ncnc53)NCCC4)O[C@@H]2CO)O[C@H]1I. The van der Waals surface area contributed by atoms with E-state index in [0.29, 0.717) is 11.5 Å². The monoisotopic (exact) mass is 708 g/mol. The van der Waals surface area contributed by atoms with E-state index in [4.69, 9.17) is 23.0 Å². The molecule has 212 valence electrons. The first kappa shape index (κ1) is 29.1. The average molecular weight is 708 g/mol. The van der Waals surface area contributed by atoms with E-state index in [1.807, 2.05) is 22.6 Å². The van der Waals surface area contributed by atoms with E-state index >= 15 is 0 Å². The number of hydrogen-bond donors (Lipinski definition) is 6. The number of alkyl halides is 1. The number of rotatable bonds is 9. The molecule has 3 aliphatic rings. The first-order chi connectivity index (χ1) is 18.1. The second-order valence-corrected chi connectivity index (χ2v) is 13.4. The third kappa shape index (κ3) is 5.82. The molecule has 5 heterocycles. The Kier molecular flexibility index (Phi) is 9.07. The highest BCUT2D eigenvalue weighted by molar-refractivity contribution is 14.1. The molecule has 0 aliphatic carbocycles. The Hall–Kier alpha value is -0.400. The summed E-state index contributed by atoms with van der Waals surface area (Å²) in [5.41, 5.74) is 1.44. The topological polar surface area (TPSA) is 204 Å². The van der Waals surface area contributed by atoms with Crippen molar-refractivity contribution in [2.24, 2.45) is 0 Å². The molecular formula is C19H27IN4O11P2S. The number of thiol groups is 1. The molecule has 2 aromatic heterocycles. The summed E-state index contributed by atoms with van der Waals surface area (Å²) in [7, 11) is -7.52. The molecule has 0 radical (unpaired) electrons. The number of phosphoric acid groups is 1. The lowest BCUT2D eigenvalue weighted by molar-refractivity contribution is -0.0517. The van der Waals surface area contributed by atoms with Crippen molar-refractivity contribution in [3.05, 3.63) is 18.1 Å². The molecular weight excluding hydrogens is 681 g/mol. The molecule has 0 aromatic carbocycles. The van der Waals surface area contributed by atoms with Gasteiger partial charge < -0.3 is 44.1 Å². The zero-order valence-corrected chi connectivity index (χ0v) is 24.5. The van der Waals surface area contributed by atoms with Crippen LogP contribution in [0.5, 0.6) is 0 Å². The van der Waals surface area contributed by atoms with Gasteiger partial charge in [-0.25, -0.2) is 14.5 Å². The molecule has 0 bridgehead atoms. The van der Waals surface area contributed by atoms with Gasteiger partial charge in [0.15, 0.2) is 6.23 Å². The van der Waals surface area contributed by atoms with Gasteiger partial charge in [0.2, 0.25) is 7.23 Å². The number of hydrogen-bond acceptors (Lipinski definition) is 13. The second kappa shape index (κ2) is 11.8. The maximum absolute atomic E-state index is 12.8. The fraction of sp³-hybridized carbons (Fsp3) is 0.684. The summed E-state index contributed by atoms with van der Waals surface area (Å²) >= 11 is 5.52. The van der Waals surface area contributed by atoms with Crippen LogP contribution in [0.25, 0.3) is 11.0 Å². The van der Waals surface area contributed by atoms with Crippen molar-refractivity contribution in [3.8, 4) is 0 Å². The van der Waals surface area contributed by atoms with Crippen LogP contribution in [-0.4, -0.2) is 95.2 Å². The minimum atomic E-state index is -4.85. The number of nitrogens with zero attached hydrogens (tertiary/aromatic N) is 3. The zero-order valence-electron chi connectivity index (χ0n) is 19.6. The van der Waals surface area contributed by atoms with Crippen molar-refractivity contribution in [1.82, 2.24) is 14.5 Å². The molecule has 5 N–H and O–H groups in total. The lowest BCUT2D eigenvalue weighted by Gasteiger charge is -2.23. The Morgan fingerprint density at radius 1 is 1.26 bits per heavy atom. The van der Waals surface area contributed by atoms with Crippen LogP contribution in [0.3, 0.4) is 0 Å². The maximum Gasteiger partial charge on any atom is 0.472 e. The van der Waals surface area contributed by atoms with Crippen LogP contribution in [0.1, 0.15) is 18.2 Å². The van der Waals surface area contributed by atoms with E-state index in [9.17, 15) is 29.3 Å².